The number of ether oxygens (including phenoxy) is 1. The van der Waals surface area contributed by atoms with Crippen molar-refractivity contribution in [2.45, 2.75) is 12.0 Å². The van der Waals surface area contributed by atoms with Crippen molar-refractivity contribution in [2.75, 3.05) is 6.61 Å². The minimum atomic E-state index is -3.22. The predicted octanol–water partition coefficient (Wildman–Crippen LogP) is 3.41. The highest BCUT2D eigenvalue weighted by Gasteiger charge is 2.47. The molecule has 1 fully saturated rings. The van der Waals surface area contributed by atoms with E-state index in [9.17, 15) is 13.6 Å². The van der Waals surface area contributed by atoms with Crippen molar-refractivity contribution in [3.8, 4) is 0 Å². The van der Waals surface area contributed by atoms with E-state index in [2.05, 4.69) is 4.74 Å². The lowest BCUT2D eigenvalue weighted by Crippen LogP contribution is -2.49. The maximum Gasteiger partial charge on any atom is 0.408 e. The third kappa shape index (κ3) is 2.45. The molecule has 17 heavy (non-hydrogen) atoms. The van der Waals surface area contributed by atoms with Gasteiger partial charge in [-0.1, -0.05) is 29.3 Å². The first-order chi connectivity index (χ1) is 7.90. The Morgan fingerprint density at radius 2 is 2.12 bits per heavy atom. The van der Waals surface area contributed by atoms with Gasteiger partial charge in [0.1, 0.15) is 6.04 Å². The van der Waals surface area contributed by atoms with Crippen LogP contribution in [-0.4, -0.2) is 18.6 Å². The molecular formula is C10H7Cl2F2NO2. The van der Waals surface area contributed by atoms with Crippen LogP contribution >= 0.6 is 23.2 Å². The van der Waals surface area contributed by atoms with Crippen LogP contribution in [0.1, 0.15) is 11.6 Å². The first-order valence-corrected chi connectivity index (χ1v) is 5.42. The van der Waals surface area contributed by atoms with E-state index in [1.165, 1.54) is 18.2 Å². The predicted molar refractivity (Wildman–Crippen MR) is 58.6 cm³/mol. The maximum atomic E-state index is 13.6. The van der Waals surface area contributed by atoms with Crippen molar-refractivity contribution in [1.29, 1.82) is 0 Å². The van der Waals surface area contributed by atoms with E-state index in [0.29, 0.717) is 5.02 Å². The molecule has 2 rings (SSSR count). The molecule has 0 saturated carbocycles. The SMILES string of the molecule is O=C1N[C@H](c2ccc(Cl)cc2Cl)C(F)(F)CO1. The highest BCUT2D eigenvalue weighted by atomic mass is 35.5. The van der Waals surface area contributed by atoms with Gasteiger partial charge in [-0.15, -0.1) is 0 Å². The Morgan fingerprint density at radius 1 is 1.41 bits per heavy atom. The molecule has 0 spiro atoms. The lowest BCUT2D eigenvalue weighted by molar-refractivity contribution is -0.104. The Morgan fingerprint density at radius 3 is 2.76 bits per heavy atom. The second-order valence-corrected chi connectivity index (χ2v) is 4.42. The van der Waals surface area contributed by atoms with Crippen LogP contribution in [-0.2, 0) is 4.74 Å². The fourth-order valence-electron chi connectivity index (χ4n) is 1.55. The summed E-state index contributed by atoms with van der Waals surface area (Å²) in [5.74, 6) is -3.22. The van der Waals surface area contributed by atoms with Gasteiger partial charge in [0.2, 0.25) is 0 Å². The van der Waals surface area contributed by atoms with E-state index in [1.807, 2.05) is 5.32 Å². The van der Waals surface area contributed by atoms with Crippen molar-refractivity contribution >= 4 is 29.3 Å². The molecule has 0 aromatic heterocycles. The monoisotopic (exact) mass is 281 g/mol. The zero-order chi connectivity index (χ0) is 12.6. The molecule has 0 radical (unpaired) electrons. The van der Waals surface area contributed by atoms with Gasteiger partial charge in [0, 0.05) is 10.0 Å². The summed E-state index contributed by atoms with van der Waals surface area (Å²) < 4.78 is 31.4. The quantitative estimate of drug-likeness (QED) is 0.857. The summed E-state index contributed by atoms with van der Waals surface area (Å²) in [7, 11) is 0. The Kier molecular flexibility index (Phi) is 3.14. The molecule has 1 amide bonds. The normalized spacial score (nSPS) is 22.8. The van der Waals surface area contributed by atoms with E-state index >= 15 is 0 Å². The van der Waals surface area contributed by atoms with Crippen molar-refractivity contribution in [3.05, 3.63) is 33.8 Å². The highest BCUT2D eigenvalue weighted by molar-refractivity contribution is 6.35. The van der Waals surface area contributed by atoms with Crippen LogP contribution in [0.3, 0.4) is 0 Å². The lowest BCUT2D eigenvalue weighted by Gasteiger charge is -2.32. The first-order valence-electron chi connectivity index (χ1n) is 4.66. The Labute approximate surface area is 106 Å². The van der Waals surface area contributed by atoms with E-state index in [1.54, 1.807) is 0 Å². The van der Waals surface area contributed by atoms with Gasteiger partial charge in [0.15, 0.2) is 6.61 Å². The average molecular weight is 282 g/mol. The van der Waals surface area contributed by atoms with Gasteiger partial charge < -0.3 is 10.1 Å². The third-order valence-electron chi connectivity index (χ3n) is 2.35. The standard InChI is InChI=1S/C10H7Cl2F2NO2/c11-5-1-2-6(7(12)3-5)8-10(13,14)4-17-9(16)15-8/h1-3,8H,4H2,(H,15,16)/t8-/m1/s1. The molecule has 0 unspecified atom stereocenters. The summed E-state index contributed by atoms with van der Waals surface area (Å²) in [5, 5.41) is 2.45. The van der Waals surface area contributed by atoms with E-state index in [-0.39, 0.29) is 10.6 Å². The third-order valence-corrected chi connectivity index (χ3v) is 2.92. The largest absolute Gasteiger partial charge is 0.443 e. The number of rotatable bonds is 1. The fraction of sp³-hybridized carbons (Fsp3) is 0.300. The topological polar surface area (TPSA) is 38.3 Å². The Bertz CT molecular complexity index is 468. The maximum absolute atomic E-state index is 13.6. The summed E-state index contributed by atoms with van der Waals surface area (Å²) in [6.07, 6.45) is -0.896. The smallest absolute Gasteiger partial charge is 0.408 e. The van der Waals surface area contributed by atoms with Crippen LogP contribution < -0.4 is 5.32 Å². The number of hydrogen-bond donors (Lipinski definition) is 1. The Balaban J connectivity index is 2.39. The molecule has 7 heteroatoms. The van der Waals surface area contributed by atoms with Gasteiger partial charge >= 0.3 is 12.0 Å². The summed E-state index contributed by atoms with van der Waals surface area (Å²) >= 11 is 11.5. The molecule has 1 aromatic carbocycles. The number of amides is 1. The minimum Gasteiger partial charge on any atom is -0.443 e. The molecule has 1 atom stereocenters. The number of benzene rings is 1. The van der Waals surface area contributed by atoms with Crippen molar-refractivity contribution in [3.63, 3.8) is 0 Å². The highest BCUT2D eigenvalue weighted by Crippen LogP contribution is 2.38. The average Bonchev–Trinajstić information content (AvgIpc) is 2.23. The van der Waals surface area contributed by atoms with Crippen LogP contribution in [0.15, 0.2) is 18.2 Å². The Hall–Kier alpha value is -1.07. The van der Waals surface area contributed by atoms with Crippen LogP contribution in [0.2, 0.25) is 10.0 Å². The van der Waals surface area contributed by atoms with Crippen molar-refractivity contribution in [1.82, 2.24) is 5.32 Å². The molecule has 0 bridgehead atoms. The molecule has 1 aliphatic heterocycles. The van der Waals surface area contributed by atoms with Gasteiger partial charge in [-0.2, -0.15) is 0 Å². The van der Waals surface area contributed by atoms with E-state index in [0.717, 1.165) is 0 Å². The number of cyclic esters (lactones) is 1. The zero-order valence-corrected chi connectivity index (χ0v) is 9.86. The van der Waals surface area contributed by atoms with Crippen molar-refractivity contribution in [2.24, 2.45) is 0 Å². The number of halogens is 4. The van der Waals surface area contributed by atoms with Gasteiger partial charge in [0.25, 0.3) is 0 Å². The summed E-state index contributed by atoms with van der Waals surface area (Å²) in [5.41, 5.74) is 0.109. The number of alkyl halides is 2. The molecule has 0 aliphatic carbocycles. The molecule has 3 nitrogen and oxygen atoms in total. The van der Waals surface area contributed by atoms with Gasteiger partial charge in [-0.25, -0.2) is 13.6 Å². The molecule has 1 saturated heterocycles. The second kappa shape index (κ2) is 4.31. The lowest BCUT2D eigenvalue weighted by atomic mass is 10.00. The minimum absolute atomic E-state index is 0.0735. The summed E-state index contributed by atoms with van der Waals surface area (Å²) in [4.78, 5) is 11.0. The fourth-order valence-corrected chi connectivity index (χ4v) is 2.07. The molecule has 1 N–H and O–H groups in total. The number of nitrogens with one attached hydrogen (secondary N) is 1. The van der Waals surface area contributed by atoms with Gasteiger partial charge in [0.05, 0.1) is 0 Å². The summed E-state index contributed by atoms with van der Waals surface area (Å²) in [6.45, 7) is -0.970. The number of carbonyl (C=O) groups is 1. The van der Waals surface area contributed by atoms with Crippen molar-refractivity contribution < 1.29 is 18.3 Å². The van der Waals surface area contributed by atoms with Crippen LogP contribution in [0.4, 0.5) is 13.6 Å². The van der Waals surface area contributed by atoms with Gasteiger partial charge in [-0.05, 0) is 17.7 Å². The molecule has 1 aliphatic rings. The second-order valence-electron chi connectivity index (χ2n) is 3.58. The van der Waals surface area contributed by atoms with Crippen LogP contribution in [0, 0.1) is 0 Å². The number of carbonyl (C=O) groups excluding carboxylic acids is 1. The molecule has 92 valence electrons. The van der Waals surface area contributed by atoms with E-state index < -0.39 is 24.7 Å². The molecular weight excluding hydrogens is 275 g/mol. The van der Waals surface area contributed by atoms with Crippen LogP contribution in [0.5, 0.6) is 0 Å². The number of alkyl carbamates (subject to hydrolysis) is 1. The van der Waals surface area contributed by atoms with Gasteiger partial charge in [-0.3, -0.25) is 0 Å². The first kappa shape index (κ1) is 12.4. The van der Waals surface area contributed by atoms with Crippen LogP contribution in [0.25, 0.3) is 0 Å². The van der Waals surface area contributed by atoms with E-state index in [4.69, 9.17) is 23.2 Å². The molecule has 1 aromatic rings. The number of hydrogen-bond acceptors (Lipinski definition) is 2. The zero-order valence-electron chi connectivity index (χ0n) is 8.34. The summed E-state index contributed by atoms with van der Waals surface area (Å²) in [6, 6.07) is 2.62. The molecule has 1 heterocycles.